The van der Waals surface area contributed by atoms with Crippen molar-refractivity contribution in [2.75, 3.05) is 14.1 Å². The molecule has 4 atom stereocenters. The molecular weight excluding hydrogens is 482 g/mol. The number of hydrogen-bond acceptors (Lipinski definition) is 10. The number of benzene rings is 1. The topological polar surface area (TPSA) is 183 Å². The van der Waals surface area contributed by atoms with Crippen LogP contribution in [0.4, 0.5) is 0 Å². The van der Waals surface area contributed by atoms with Gasteiger partial charge in [0.15, 0.2) is 11.4 Å². The van der Waals surface area contributed by atoms with Gasteiger partial charge in [0.05, 0.1) is 17.3 Å². The highest BCUT2D eigenvalue weighted by Gasteiger charge is 2.64. The zero-order chi connectivity index (χ0) is 27.6. The standard InChI is InChI=1S/C26H31N3O8/c1-10(2)37-28-11(3)13-6-7-16(30)18-14(13)8-12-9-15-20(29(4)5)22(32)19(25(27)35)24(34)26(15,36)23(33)17(12)21(18)31/h6-7,10,12,15,20,30-31,34,36H,8-9H2,1-5H3,(H2,27,35)/b28-11-/t12-,15-,20-,26-/m1/s1. The van der Waals surface area contributed by atoms with E-state index in [1.165, 1.54) is 11.0 Å². The van der Waals surface area contributed by atoms with Crippen LogP contribution in [0.25, 0.3) is 5.76 Å². The Morgan fingerprint density at radius 2 is 1.86 bits per heavy atom. The molecule has 1 amide bonds. The van der Waals surface area contributed by atoms with E-state index in [9.17, 15) is 34.8 Å². The van der Waals surface area contributed by atoms with Crippen LogP contribution in [0.1, 0.15) is 43.9 Å². The number of amides is 1. The SMILES string of the molecule is C/C(=N/OC(C)C)c1ccc(O)c2c1C[C@@H]1C[C@@H]3[C@@H](N(C)C)C(=O)C(C(N)=O)=C(O)[C@]3(O)C(=O)C1=C2O. The number of aliphatic hydroxyl groups excluding tert-OH is 2. The van der Waals surface area contributed by atoms with Gasteiger partial charge in [-0.15, -0.1) is 0 Å². The van der Waals surface area contributed by atoms with E-state index in [-0.39, 0.29) is 35.8 Å². The quantitative estimate of drug-likeness (QED) is 0.219. The lowest BCUT2D eigenvalue weighted by molar-refractivity contribution is -0.153. The lowest BCUT2D eigenvalue weighted by Gasteiger charge is -2.50. The average molecular weight is 514 g/mol. The molecule has 0 aromatic heterocycles. The number of phenolic OH excluding ortho intramolecular Hbond substituents is 1. The lowest BCUT2D eigenvalue weighted by Crippen LogP contribution is -2.65. The Labute approximate surface area is 213 Å². The third kappa shape index (κ3) is 3.80. The van der Waals surface area contributed by atoms with Crippen molar-refractivity contribution >= 4 is 28.9 Å². The minimum Gasteiger partial charge on any atom is -0.508 e. The van der Waals surface area contributed by atoms with Gasteiger partial charge in [-0.1, -0.05) is 5.16 Å². The first-order valence-electron chi connectivity index (χ1n) is 11.9. The molecule has 1 aromatic rings. The fraction of sp³-hybridized carbons (Fsp3) is 0.462. The number of aliphatic hydroxyl groups is 3. The first-order valence-corrected chi connectivity index (χ1v) is 11.9. The Balaban J connectivity index is 1.94. The predicted octanol–water partition coefficient (Wildman–Crippen LogP) is 1.11. The van der Waals surface area contributed by atoms with Crippen molar-refractivity contribution in [3.63, 3.8) is 0 Å². The predicted molar refractivity (Wildman–Crippen MR) is 133 cm³/mol. The van der Waals surface area contributed by atoms with Crippen LogP contribution in [0.3, 0.4) is 0 Å². The second kappa shape index (κ2) is 9.00. The summed E-state index contributed by atoms with van der Waals surface area (Å²) in [6.07, 6.45) is 0.0149. The molecule has 4 rings (SSSR count). The summed E-state index contributed by atoms with van der Waals surface area (Å²) in [5.41, 5.74) is 3.24. The second-order valence-electron chi connectivity index (χ2n) is 10.3. The van der Waals surface area contributed by atoms with Crippen molar-refractivity contribution in [3.05, 3.63) is 45.7 Å². The molecule has 11 nitrogen and oxygen atoms in total. The van der Waals surface area contributed by atoms with E-state index in [4.69, 9.17) is 10.6 Å². The molecule has 1 saturated carbocycles. The van der Waals surface area contributed by atoms with Crippen LogP contribution in [-0.4, -0.2) is 80.4 Å². The molecule has 6 N–H and O–H groups in total. The monoisotopic (exact) mass is 513 g/mol. The third-order valence-corrected chi connectivity index (χ3v) is 7.39. The summed E-state index contributed by atoms with van der Waals surface area (Å²) in [4.78, 5) is 45.8. The number of likely N-dealkylation sites (N-methyl/N-ethyl adjacent to an activating group) is 1. The van der Waals surface area contributed by atoms with Crippen LogP contribution in [0.15, 0.2) is 34.2 Å². The third-order valence-electron chi connectivity index (χ3n) is 7.39. The maximum Gasteiger partial charge on any atom is 0.255 e. The molecule has 1 aromatic carbocycles. The van der Waals surface area contributed by atoms with Crippen LogP contribution in [0.5, 0.6) is 5.75 Å². The maximum atomic E-state index is 13.8. The lowest BCUT2D eigenvalue weighted by atomic mass is 9.57. The molecule has 0 saturated heterocycles. The van der Waals surface area contributed by atoms with Gasteiger partial charge in [0, 0.05) is 17.1 Å². The van der Waals surface area contributed by atoms with E-state index < -0.39 is 58.0 Å². The maximum absolute atomic E-state index is 13.8. The number of nitrogens with zero attached hydrogens (tertiary/aromatic N) is 2. The molecule has 1 fully saturated rings. The summed E-state index contributed by atoms with van der Waals surface area (Å²) >= 11 is 0. The highest BCUT2D eigenvalue weighted by atomic mass is 16.6. The first kappa shape index (κ1) is 26.4. The zero-order valence-corrected chi connectivity index (χ0v) is 21.3. The Hall–Kier alpha value is -3.70. The Bertz CT molecular complexity index is 1310. The second-order valence-corrected chi connectivity index (χ2v) is 10.3. The number of fused-ring (bicyclic) bond motifs is 3. The van der Waals surface area contributed by atoms with Crippen molar-refractivity contribution in [2.24, 2.45) is 22.7 Å². The number of rotatable bonds is 5. The van der Waals surface area contributed by atoms with Crippen LogP contribution in [-0.2, 0) is 25.6 Å². The summed E-state index contributed by atoms with van der Waals surface area (Å²) in [6.45, 7) is 5.35. The first-order chi connectivity index (χ1) is 17.2. The Kier molecular flexibility index (Phi) is 6.41. The van der Waals surface area contributed by atoms with E-state index in [0.717, 1.165) is 0 Å². The van der Waals surface area contributed by atoms with Gasteiger partial charge >= 0.3 is 0 Å². The molecule has 0 spiro atoms. The van der Waals surface area contributed by atoms with E-state index in [1.54, 1.807) is 27.1 Å². The number of oxime groups is 1. The molecular formula is C26H31N3O8. The van der Waals surface area contributed by atoms with E-state index in [2.05, 4.69) is 5.16 Å². The molecule has 198 valence electrons. The van der Waals surface area contributed by atoms with Crippen molar-refractivity contribution < 1.29 is 39.6 Å². The number of aromatic hydroxyl groups is 1. The summed E-state index contributed by atoms with van der Waals surface area (Å²) < 4.78 is 0. The minimum absolute atomic E-state index is 0.00730. The summed E-state index contributed by atoms with van der Waals surface area (Å²) in [5, 5.41) is 48.5. The van der Waals surface area contributed by atoms with Gasteiger partial charge in [0.25, 0.3) is 5.91 Å². The molecule has 0 unspecified atom stereocenters. The number of nitrogens with two attached hydrogens (primary N) is 1. The fourth-order valence-corrected chi connectivity index (χ4v) is 5.82. The molecule has 11 heteroatoms. The zero-order valence-electron chi connectivity index (χ0n) is 21.3. The van der Waals surface area contributed by atoms with E-state index in [0.29, 0.717) is 16.8 Å². The van der Waals surface area contributed by atoms with Gasteiger partial charge in [0.2, 0.25) is 5.78 Å². The molecule has 0 heterocycles. The van der Waals surface area contributed by atoms with Gasteiger partial charge in [-0.2, -0.15) is 0 Å². The number of carbonyl (C=O) groups excluding carboxylic acids is 3. The van der Waals surface area contributed by atoms with Gasteiger partial charge in [-0.25, -0.2) is 0 Å². The smallest absolute Gasteiger partial charge is 0.255 e. The van der Waals surface area contributed by atoms with Crippen molar-refractivity contribution in [1.82, 2.24) is 4.90 Å². The average Bonchev–Trinajstić information content (AvgIpc) is 2.79. The van der Waals surface area contributed by atoms with Gasteiger partial charge in [-0.05, 0) is 71.3 Å². The molecule has 37 heavy (non-hydrogen) atoms. The number of Topliss-reactive ketones (excluding diaryl/α,β-unsaturated/α-hetero) is 2. The van der Waals surface area contributed by atoms with Gasteiger partial charge in [0.1, 0.15) is 28.9 Å². The number of ketones is 2. The van der Waals surface area contributed by atoms with E-state index in [1.807, 2.05) is 13.8 Å². The number of hydrogen-bond donors (Lipinski definition) is 5. The summed E-state index contributed by atoms with van der Waals surface area (Å²) in [7, 11) is 3.11. The summed E-state index contributed by atoms with van der Waals surface area (Å²) in [5.74, 6) is -6.87. The van der Waals surface area contributed by atoms with Crippen molar-refractivity contribution in [1.29, 1.82) is 0 Å². The number of carbonyl (C=O) groups is 3. The van der Waals surface area contributed by atoms with E-state index >= 15 is 0 Å². The highest BCUT2D eigenvalue weighted by molar-refractivity contribution is 6.24. The van der Waals surface area contributed by atoms with Crippen LogP contribution in [0.2, 0.25) is 0 Å². The van der Waals surface area contributed by atoms with Crippen LogP contribution in [0, 0.1) is 11.8 Å². The van der Waals surface area contributed by atoms with Crippen molar-refractivity contribution in [2.45, 2.75) is 51.4 Å². The molecule has 0 bridgehead atoms. The molecule has 0 aliphatic heterocycles. The summed E-state index contributed by atoms with van der Waals surface area (Å²) in [6, 6.07) is 1.86. The number of primary amides is 1. The van der Waals surface area contributed by atoms with Gasteiger partial charge < -0.3 is 31.0 Å². The Morgan fingerprint density at radius 1 is 1.22 bits per heavy atom. The Morgan fingerprint density at radius 3 is 2.43 bits per heavy atom. The minimum atomic E-state index is -2.67. The molecule has 0 radical (unpaired) electrons. The highest BCUT2D eigenvalue weighted by Crippen LogP contribution is 2.52. The fourth-order valence-electron chi connectivity index (χ4n) is 5.82. The molecule has 3 aliphatic carbocycles. The van der Waals surface area contributed by atoms with Crippen LogP contribution < -0.4 is 5.73 Å². The van der Waals surface area contributed by atoms with Gasteiger partial charge in [-0.3, -0.25) is 19.3 Å². The van der Waals surface area contributed by atoms with Crippen LogP contribution >= 0.6 is 0 Å². The van der Waals surface area contributed by atoms with Crippen molar-refractivity contribution in [3.8, 4) is 5.75 Å². The number of phenols is 1. The largest absolute Gasteiger partial charge is 0.508 e. The molecule has 3 aliphatic rings. The normalized spacial score (nSPS) is 27.9.